The Morgan fingerprint density at radius 1 is 0.889 bits per heavy atom. The maximum atomic E-state index is 4.42. The molecule has 0 aromatic carbocycles. The van der Waals surface area contributed by atoms with Crippen molar-refractivity contribution in [2.24, 2.45) is 0 Å². The summed E-state index contributed by atoms with van der Waals surface area (Å²) in [5, 5.41) is 8.80. The molecule has 0 aliphatic carbocycles. The number of nitrogens with zero attached hydrogens (tertiary/aromatic N) is 2. The Morgan fingerprint density at radius 3 is 1.61 bits per heavy atom. The SMILES string of the molecule is [CH2-]Cc1c(C(C)(C)C)nnc(C(C)(C)C)c1[CH2-].[W+2]. The van der Waals surface area contributed by atoms with Gasteiger partial charge in [0.05, 0.1) is 0 Å². The first-order valence-corrected chi connectivity index (χ1v) is 6.10. The van der Waals surface area contributed by atoms with E-state index in [0.29, 0.717) is 6.42 Å². The molecule has 18 heavy (non-hydrogen) atoms. The van der Waals surface area contributed by atoms with E-state index in [0.717, 1.165) is 22.5 Å². The largest absolute Gasteiger partial charge is 2.00 e. The van der Waals surface area contributed by atoms with Gasteiger partial charge in [-0.1, -0.05) is 41.5 Å². The molecule has 0 spiro atoms. The van der Waals surface area contributed by atoms with Crippen LogP contribution < -0.4 is 0 Å². The minimum Gasteiger partial charge on any atom is -0.350 e. The van der Waals surface area contributed by atoms with Crippen molar-refractivity contribution in [3.63, 3.8) is 0 Å². The molecule has 0 radical (unpaired) electrons. The van der Waals surface area contributed by atoms with E-state index in [9.17, 15) is 0 Å². The minimum absolute atomic E-state index is 0. The predicted molar refractivity (Wildman–Crippen MR) is 73.0 cm³/mol. The molecule has 0 saturated carbocycles. The molecule has 0 unspecified atom stereocenters. The molecule has 1 rings (SSSR count). The quantitative estimate of drug-likeness (QED) is 0.654. The molecule has 0 aliphatic heterocycles. The van der Waals surface area contributed by atoms with Crippen LogP contribution in [0.25, 0.3) is 0 Å². The standard InChI is InChI=1S/C15H24N2.W/c1-9-11-10(2)12(14(3,4)5)16-17-13(11)15(6,7)8;/h1-2,9H2,3-8H3;/q-2;+2. The molecule has 0 saturated heterocycles. The molecule has 0 aliphatic rings. The van der Waals surface area contributed by atoms with Crippen molar-refractivity contribution in [2.75, 3.05) is 0 Å². The van der Waals surface area contributed by atoms with Gasteiger partial charge < -0.3 is 6.92 Å². The van der Waals surface area contributed by atoms with Gasteiger partial charge in [0.15, 0.2) is 0 Å². The van der Waals surface area contributed by atoms with Gasteiger partial charge in [0.1, 0.15) is 0 Å². The Bertz CT molecular complexity index is 412. The van der Waals surface area contributed by atoms with Crippen LogP contribution in [0.5, 0.6) is 0 Å². The summed E-state index contributed by atoms with van der Waals surface area (Å²) in [6.07, 6.45) is 0.712. The summed E-state index contributed by atoms with van der Waals surface area (Å²) in [6, 6.07) is 0. The molecule has 0 atom stereocenters. The van der Waals surface area contributed by atoms with Crippen molar-refractivity contribution < 1.29 is 21.1 Å². The van der Waals surface area contributed by atoms with Crippen LogP contribution in [0.3, 0.4) is 0 Å². The third-order valence-electron chi connectivity index (χ3n) is 2.86. The van der Waals surface area contributed by atoms with Crippen LogP contribution in [0.15, 0.2) is 0 Å². The van der Waals surface area contributed by atoms with E-state index in [-0.39, 0.29) is 31.9 Å². The third kappa shape index (κ3) is 3.57. The molecule has 1 aromatic heterocycles. The van der Waals surface area contributed by atoms with Crippen molar-refractivity contribution in [1.29, 1.82) is 0 Å². The topological polar surface area (TPSA) is 25.8 Å². The van der Waals surface area contributed by atoms with Crippen LogP contribution in [-0.4, -0.2) is 10.2 Å². The van der Waals surface area contributed by atoms with Crippen LogP contribution in [0.2, 0.25) is 0 Å². The summed E-state index contributed by atoms with van der Waals surface area (Å²) in [5.41, 5.74) is 4.12. The number of rotatable bonds is 1. The first-order valence-electron chi connectivity index (χ1n) is 6.10. The fourth-order valence-corrected chi connectivity index (χ4v) is 1.98. The van der Waals surface area contributed by atoms with Crippen molar-refractivity contribution in [1.82, 2.24) is 10.2 Å². The van der Waals surface area contributed by atoms with Gasteiger partial charge in [-0.15, -0.1) is 0 Å². The van der Waals surface area contributed by atoms with Crippen molar-refractivity contribution in [3.05, 3.63) is 36.4 Å². The fraction of sp³-hybridized carbons (Fsp3) is 0.600. The summed E-state index contributed by atoms with van der Waals surface area (Å²) >= 11 is 0. The van der Waals surface area contributed by atoms with E-state index < -0.39 is 0 Å². The summed E-state index contributed by atoms with van der Waals surface area (Å²) in [5.74, 6) is 0. The zero-order chi connectivity index (χ0) is 13.4. The monoisotopic (exact) mass is 416 g/mol. The van der Waals surface area contributed by atoms with E-state index in [1.54, 1.807) is 0 Å². The summed E-state index contributed by atoms with van der Waals surface area (Å²) in [6.45, 7) is 21.0. The Morgan fingerprint density at radius 2 is 1.28 bits per heavy atom. The first-order chi connectivity index (χ1) is 7.59. The minimum atomic E-state index is -0.0234. The average molecular weight is 416 g/mol. The second-order valence-electron chi connectivity index (χ2n) is 6.60. The molecule has 2 nitrogen and oxygen atoms in total. The molecule has 1 heterocycles. The van der Waals surface area contributed by atoms with Gasteiger partial charge in [-0.2, -0.15) is 23.1 Å². The van der Waals surface area contributed by atoms with E-state index in [4.69, 9.17) is 0 Å². The zero-order valence-corrected chi connectivity index (χ0v) is 15.4. The van der Waals surface area contributed by atoms with E-state index in [1.165, 1.54) is 0 Å². The Balaban J connectivity index is 0.00000289. The average Bonchev–Trinajstić information content (AvgIpc) is 2.13. The first kappa shape index (κ1) is 17.6. The Labute approximate surface area is 126 Å². The summed E-state index contributed by atoms with van der Waals surface area (Å²) < 4.78 is 0. The van der Waals surface area contributed by atoms with E-state index in [2.05, 4.69) is 65.6 Å². The van der Waals surface area contributed by atoms with Crippen LogP contribution >= 0.6 is 0 Å². The van der Waals surface area contributed by atoms with Crippen molar-refractivity contribution in [2.45, 2.75) is 58.8 Å². The number of hydrogen-bond acceptors (Lipinski definition) is 2. The molecule has 1 aromatic rings. The van der Waals surface area contributed by atoms with Gasteiger partial charge in [0, 0.05) is 5.69 Å². The van der Waals surface area contributed by atoms with Crippen LogP contribution in [0.4, 0.5) is 0 Å². The van der Waals surface area contributed by atoms with Crippen LogP contribution in [-0.2, 0) is 38.3 Å². The third-order valence-corrected chi connectivity index (χ3v) is 2.86. The molecule has 100 valence electrons. The predicted octanol–water partition coefficient (Wildman–Crippen LogP) is 3.63. The normalized spacial score (nSPS) is 12.2. The second kappa shape index (κ2) is 5.73. The molecule has 0 fully saturated rings. The van der Waals surface area contributed by atoms with E-state index in [1.807, 2.05) is 0 Å². The smallest absolute Gasteiger partial charge is 0.350 e. The second-order valence-corrected chi connectivity index (χ2v) is 6.60. The zero-order valence-electron chi connectivity index (χ0n) is 12.4. The fourth-order valence-electron chi connectivity index (χ4n) is 1.98. The Kier molecular flexibility index (Phi) is 5.62. The number of aromatic nitrogens is 2. The van der Waals surface area contributed by atoms with Gasteiger partial charge in [-0.25, -0.2) is 11.5 Å². The van der Waals surface area contributed by atoms with Crippen LogP contribution in [0.1, 0.15) is 64.1 Å². The molecule has 0 amide bonds. The molecular weight excluding hydrogens is 392 g/mol. The van der Waals surface area contributed by atoms with Gasteiger partial charge in [-0.3, -0.25) is 0 Å². The van der Waals surface area contributed by atoms with Gasteiger partial charge in [0.2, 0.25) is 0 Å². The van der Waals surface area contributed by atoms with Gasteiger partial charge in [-0.05, 0) is 16.5 Å². The summed E-state index contributed by atoms with van der Waals surface area (Å²) in [7, 11) is 0. The maximum absolute atomic E-state index is 4.42. The molecular formula is C15H24N2W. The van der Waals surface area contributed by atoms with Crippen molar-refractivity contribution >= 4 is 0 Å². The molecule has 0 N–H and O–H groups in total. The van der Waals surface area contributed by atoms with E-state index >= 15 is 0 Å². The van der Waals surface area contributed by atoms with Crippen LogP contribution in [0, 0.1) is 13.8 Å². The summed E-state index contributed by atoms with van der Waals surface area (Å²) in [4.78, 5) is 0. The van der Waals surface area contributed by atoms with Gasteiger partial charge >= 0.3 is 21.1 Å². The molecule has 3 heteroatoms. The van der Waals surface area contributed by atoms with Gasteiger partial charge in [0.25, 0.3) is 0 Å². The number of hydrogen-bond donors (Lipinski definition) is 0. The molecule has 0 bridgehead atoms. The maximum Gasteiger partial charge on any atom is 2.00 e. The van der Waals surface area contributed by atoms with Crippen molar-refractivity contribution in [3.8, 4) is 0 Å². The Hall–Kier alpha value is -0.362.